The van der Waals surface area contributed by atoms with Crippen molar-refractivity contribution in [3.8, 4) is 0 Å². The minimum absolute atomic E-state index is 0.169. The van der Waals surface area contributed by atoms with E-state index in [2.05, 4.69) is 10.3 Å². The van der Waals surface area contributed by atoms with Gasteiger partial charge in [0.15, 0.2) is 0 Å². The lowest BCUT2D eigenvalue weighted by atomic mass is 10.1. The van der Waals surface area contributed by atoms with Gasteiger partial charge in [0.2, 0.25) is 0 Å². The number of para-hydroxylation sites is 1. The van der Waals surface area contributed by atoms with Crippen molar-refractivity contribution in [3.05, 3.63) is 42.1 Å². The zero-order chi connectivity index (χ0) is 14.4. The Balaban J connectivity index is 2.03. The molecule has 0 saturated heterocycles. The summed E-state index contributed by atoms with van der Waals surface area (Å²) in [7, 11) is 0. The van der Waals surface area contributed by atoms with Crippen LogP contribution in [0.1, 0.15) is 23.7 Å². The standard InChI is InChI=1S/C15H16N2O3/c1-2-20-14(18)8-10-17-15(19)12-7-9-16-13-6-4-3-5-11(12)13/h3-7,9H,2,8,10H2,1H3,(H,17,19). The molecule has 0 fully saturated rings. The van der Waals surface area contributed by atoms with E-state index in [0.29, 0.717) is 12.2 Å². The van der Waals surface area contributed by atoms with E-state index < -0.39 is 0 Å². The molecule has 0 saturated carbocycles. The number of benzene rings is 1. The first-order valence-electron chi connectivity index (χ1n) is 6.50. The summed E-state index contributed by atoms with van der Waals surface area (Å²) in [6.07, 6.45) is 1.77. The maximum absolute atomic E-state index is 12.1. The predicted molar refractivity (Wildman–Crippen MR) is 75.3 cm³/mol. The Morgan fingerprint density at radius 3 is 2.85 bits per heavy atom. The van der Waals surface area contributed by atoms with Crippen LogP contribution in [0.15, 0.2) is 36.5 Å². The maximum atomic E-state index is 12.1. The SMILES string of the molecule is CCOC(=O)CCNC(=O)c1ccnc2ccccc12. The molecule has 1 amide bonds. The summed E-state index contributed by atoms with van der Waals surface area (Å²) < 4.78 is 4.80. The van der Waals surface area contributed by atoms with Crippen LogP contribution in [0.2, 0.25) is 0 Å². The van der Waals surface area contributed by atoms with Crippen LogP contribution in [-0.4, -0.2) is 30.0 Å². The minimum atomic E-state index is -0.313. The lowest BCUT2D eigenvalue weighted by Gasteiger charge is -2.07. The summed E-state index contributed by atoms with van der Waals surface area (Å²) in [6, 6.07) is 9.10. The summed E-state index contributed by atoms with van der Waals surface area (Å²) in [5.41, 5.74) is 1.32. The molecule has 2 rings (SSSR count). The molecule has 0 aliphatic heterocycles. The molecule has 0 unspecified atom stereocenters. The number of carbonyl (C=O) groups excluding carboxylic acids is 2. The highest BCUT2D eigenvalue weighted by molar-refractivity contribution is 6.05. The molecule has 0 radical (unpaired) electrons. The van der Waals surface area contributed by atoms with Crippen molar-refractivity contribution in [1.29, 1.82) is 0 Å². The molecular formula is C15H16N2O3. The molecule has 1 heterocycles. The van der Waals surface area contributed by atoms with Crippen molar-refractivity contribution >= 4 is 22.8 Å². The molecule has 1 aromatic heterocycles. The van der Waals surface area contributed by atoms with E-state index in [4.69, 9.17) is 4.74 Å². The number of hydrogen-bond donors (Lipinski definition) is 1. The number of aromatic nitrogens is 1. The first-order chi connectivity index (χ1) is 9.72. The predicted octanol–water partition coefficient (Wildman–Crippen LogP) is 1.92. The first-order valence-corrected chi connectivity index (χ1v) is 6.50. The number of esters is 1. The van der Waals surface area contributed by atoms with E-state index in [9.17, 15) is 9.59 Å². The van der Waals surface area contributed by atoms with Gasteiger partial charge in [0.1, 0.15) is 0 Å². The summed E-state index contributed by atoms with van der Waals surface area (Å²) in [5, 5.41) is 3.51. The van der Waals surface area contributed by atoms with Crippen molar-refractivity contribution in [3.63, 3.8) is 0 Å². The molecule has 0 bridgehead atoms. The van der Waals surface area contributed by atoms with Gasteiger partial charge in [-0.3, -0.25) is 14.6 Å². The number of pyridine rings is 1. The van der Waals surface area contributed by atoms with Gasteiger partial charge < -0.3 is 10.1 Å². The second kappa shape index (κ2) is 6.65. The molecule has 1 N–H and O–H groups in total. The van der Waals surface area contributed by atoms with Gasteiger partial charge >= 0.3 is 5.97 Å². The third-order valence-electron chi connectivity index (χ3n) is 2.81. The van der Waals surface area contributed by atoms with Gasteiger partial charge in [0.25, 0.3) is 5.91 Å². The van der Waals surface area contributed by atoms with Crippen LogP contribution in [0.5, 0.6) is 0 Å². The Kier molecular flexibility index (Phi) is 4.65. The summed E-state index contributed by atoms with van der Waals surface area (Å²) in [5.74, 6) is -0.528. The second-order valence-electron chi connectivity index (χ2n) is 4.19. The second-order valence-corrected chi connectivity index (χ2v) is 4.19. The Bertz CT molecular complexity index is 620. The molecule has 5 nitrogen and oxygen atoms in total. The molecule has 0 aliphatic rings. The van der Waals surface area contributed by atoms with Crippen LogP contribution in [0.3, 0.4) is 0 Å². The summed E-state index contributed by atoms with van der Waals surface area (Å²) in [4.78, 5) is 27.5. The average molecular weight is 272 g/mol. The monoisotopic (exact) mass is 272 g/mol. The van der Waals surface area contributed by atoms with Gasteiger partial charge in [-0.15, -0.1) is 0 Å². The number of fused-ring (bicyclic) bond motifs is 1. The zero-order valence-electron chi connectivity index (χ0n) is 11.3. The van der Waals surface area contributed by atoms with Crippen LogP contribution in [0, 0.1) is 0 Å². The van der Waals surface area contributed by atoms with Gasteiger partial charge in [0.05, 0.1) is 24.1 Å². The largest absolute Gasteiger partial charge is 0.466 e. The Hall–Kier alpha value is -2.43. The van der Waals surface area contributed by atoms with Crippen LogP contribution in [0.4, 0.5) is 0 Å². The molecular weight excluding hydrogens is 256 g/mol. The van der Waals surface area contributed by atoms with Crippen LogP contribution >= 0.6 is 0 Å². The molecule has 0 spiro atoms. The highest BCUT2D eigenvalue weighted by atomic mass is 16.5. The molecule has 1 aromatic carbocycles. The lowest BCUT2D eigenvalue weighted by Crippen LogP contribution is -2.26. The number of rotatable bonds is 5. The fourth-order valence-corrected chi connectivity index (χ4v) is 1.90. The van der Waals surface area contributed by atoms with E-state index in [1.807, 2.05) is 24.3 Å². The number of nitrogens with zero attached hydrogens (tertiary/aromatic N) is 1. The highest BCUT2D eigenvalue weighted by Crippen LogP contribution is 2.15. The summed E-state index contributed by atoms with van der Waals surface area (Å²) >= 11 is 0. The third kappa shape index (κ3) is 3.32. The van der Waals surface area contributed by atoms with Crippen molar-refractivity contribution in [1.82, 2.24) is 10.3 Å². The molecule has 0 atom stereocenters. The van der Waals surface area contributed by atoms with Crippen LogP contribution in [0.25, 0.3) is 10.9 Å². The van der Waals surface area contributed by atoms with E-state index in [1.54, 1.807) is 19.2 Å². The first kappa shape index (κ1) is 14.0. The number of hydrogen-bond acceptors (Lipinski definition) is 4. The van der Waals surface area contributed by atoms with Crippen molar-refractivity contribution < 1.29 is 14.3 Å². The number of carbonyl (C=O) groups is 2. The Morgan fingerprint density at radius 1 is 1.25 bits per heavy atom. The molecule has 2 aromatic rings. The number of amides is 1. The van der Waals surface area contributed by atoms with Crippen molar-refractivity contribution in [2.45, 2.75) is 13.3 Å². The Morgan fingerprint density at radius 2 is 2.05 bits per heavy atom. The highest BCUT2D eigenvalue weighted by Gasteiger charge is 2.10. The normalized spacial score (nSPS) is 10.2. The molecule has 20 heavy (non-hydrogen) atoms. The lowest BCUT2D eigenvalue weighted by molar-refractivity contribution is -0.142. The zero-order valence-corrected chi connectivity index (χ0v) is 11.3. The molecule has 0 aliphatic carbocycles. The van der Waals surface area contributed by atoms with E-state index in [-0.39, 0.29) is 24.8 Å². The van der Waals surface area contributed by atoms with E-state index >= 15 is 0 Å². The van der Waals surface area contributed by atoms with E-state index in [0.717, 1.165) is 10.9 Å². The van der Waals surface area contributed by atoms with Gasteiger partial charge in [-0.2, -0.15) is 0 Å². The van der Waals surface area contributed by atoms with Crippen LogP contribution < -0.4 is 5.32 Å². The quantitative estimate of drug-likeness (QED) is 0.844. The topological polar surface area (TPSA) is 68.3 Å². The fourth-order valence-electron chi connectivity index (χ4n) is 1.90. The summed E-state index contributed by atoms with van der Waals surface area (Å²) in [6.45, 7) is 2.36. The minimum Gasteiger partial charge on any atom is -0.466 e. The van der Waals surface area contributed by atoms with Crippen molar-refractivity contribution in [2.24, 2.45) is 0 Å². The molecule has 104 valence electrons. The fraction of sp³-hybridized carbons (Fsp3) is 0.267. The van der Waals surface area contributed by atoms with E-state index in [1.165, 1.54) is 0 Å². The average Bonchev–Trinajstić information content (AvgIpc) is 2.47. The smallest absolute Gasteiger partial charge is 0.307 e. The van der Waals surface area contributed by atoms with Crippen LogP contribution in [-0.2, 0) is 9.53 Å². The van der Waals surface area contributed by atoms with Gasteiger partial charge in [0, 0.05) is 18.1 Å². The third-order valence-corrected chi connectivity index (χ3v) is 2.81. The number of ether oxygens (including phenoxy) is 1. The number of nitrogens with one attached hydrogen (secondary N) is 1. The Labute approximate surface area is 117 Å². The van der Waals surface area contributed by atoms with Gasteiger partial charge in [-0.1, -0.05) is 18.2 Å². The maximum Gasteiger partial charge on any atom is 0.307 e. The van der Waals surface area contributed by atoms with Crippen molar-refractivity contribution in [2.75, 3.05) is 13.2 Å². The van der Waals surface area contributed by atoms with Gasteiger partial charge in [-0.05, 0) is 19.1 Å². The molecule has 5 heteroatoms. The van der Waals surface area contributed by atoms with Gasteiger partial charge in [-0.25, -0.2) is 0 Å².